The molecule has 0 radical (unpaired) electrons. The van der Waals surface area contributed by atoms with Crippen LogP contribution in [0.3, 0.4) is 0 Å². The van der Waals surface area contributed by atoms with Crippen LogP contribution in [0.2, 0.25) is 0 Å². The van der Waals surface area contributed by atoms with Crippen molar-refractivity contribution in [1.82, 2.24) is 29.5 Å². The van der Waals surface area contributed by atoms with Gasteiger partial charge in [-0.1, -0.05) is 6.58 Å². The molecule has 0 saturated carbocycles. The number of fused-ring (bicyclic) bond motifs is 1. The molecule has 2 aliphatic rings. The second-order valence-electron chi connectivity index (χ2n) is 11.0. The number of piperidine rings is 1. The molecule has 4 heterocycles. The summed E-state index contributed by atoms with van der Waals surface area (Å²) in [5.41, 5.74) is 3.83. The van der Waals surface area contributed by atoms with Crippen LogP contribution in [-0.2, 0) is 14.3 Å². The highest BCUT2D eigenvalue weighted by molar-refractivity contribution is 5.93. The number of amides is 2. The maximum atomic E-state index is 13.3. The van der Waals surface area contributed by atoms with Crippen LogP contribution in [0.1, 0.15) is 18.9 Å². The Morgan fingerprint density at radius 1 is 0.955 bits per heavy atom. The predicted octanol–water partition coefficient (Wildman–Crippen LogP) is 3.83. The number of ether oxygens (including phenoxy) is 3. The number of hydrogen-bond donors (Lipinski definition) is 1. The van der Waals surface area contributed by atoms with Crippen LogP contribution in [0.15, 0.2) is 67.6 Å². The van der Waals surface area contributed by atoms with Crippen molar-refractivity contribution in [2.45, 2.75) is 24.5 Å². The van der Waals surface area contributed by atoms with Crippen molar-refractivity contribution in [3.63, 3.8) is 0 Å². The molecule has 1 N–H and O–H groups in total. The molecule has 0 unspecified atom stereocenters. The Bertz CT molecular complexity index is 1680. The number of benzene rings is 2. The molecule has 44 heavy (non-hydrogen) atoms. The number of likely N-dealkylation sites (tertiary alicyclic amines) is 2. The van der Waals surface area contributed by atoms with Gasteiger partial charge in [0.1, 0.15) is 11.5 Å². The summed E-state index contributed by atoms with van der Waals surface area (Å²) in [6.45, 7) is 5.18. The molecule has 2 aromatic heterocycles. The molecule has 2 saturated heterocycles. The number of methoxy groups -OCH3 is 3. The number of hydrogen-bond acceptors (Lipinski definition) is 9. The smallest absolute Gasteiger partial charge is 0.258 e. The largest absolute Gasteiger partial charge is 0.497 e. The van der Waals surface area contributed by atoms with Gasteiger partial charge in [-0.2, -0.15) is 5.10 Å². The summed E-state index contributed by atoms with van der Waals surface area (Å²) >= 11 is 0. The van der Waals surface area contributed by atoms with E-state index < -0.39 is 5.60 Å². The van der Waals surface area contributed by atoms with Crippen molar-refractivity contribution in [2.24, 2.45) is 0 Å². The Morgan fingerprint density at radius 3 is 2.34 bits per heavy atom. The molecule has 0 spiro atoms. The predicted molar refractivity (Wildman–Crippen MR) is 165 cm³/mol. The van der Waals surface area contributed by atoms with Gasteiger partial charge in [0.05, 0.1) is 62.5 Å². The zero-order chi connectivity index (χ0) is 30.8. The summed E-state index contributed by atoms with van der Waals surface area (Å²) in [7, 11) is 4.76. The van der Waals surface area contributed by atoms with Crippen LogP contribution in [0, 0.1) is 0 Å². The van der Waals surface area contributed by atoms with Gasteiger partial charge in [0, 0.05) is 61.5 Å². The molecule has 2 aromatic carbocycles. The first kappa shape index (κ1) is 29.1. The van der Waals surface area contributed by atoms with Crippen LogP contribution in [0.4, 0.5) is 11.4 Å². The molecular weight excluding hydrogens is 562 g/mol. The summed E-state index contributed by atoms with van der Waals surface area (Å²) in [4.78, 5) is 38.1. The van der Waals surface area contributed by atoms with Crippen molar-refractivity contribution in [1.29, 1.82) is 0 Å². The molecule has 6 rings (SSSR count). The molecule has 2 fully saturated rings. The average Bonchev–Trinajstić information content (AvgIpc) is 3.54. The maximum absolute atomic E-state index is 13.3. The fraction of sp³-hybridized carbons (Fsp3) is 0.344. The minimum absolute atomic E-state index is 0.0708. The van der Waals surface area contributed by atoms with Crippen LogP contribution in [0.5, 0.6) is 11.5 Å². The van der Waals surface area contributed by atoms with E-state index in [1.165, 1.54) is 13.2 Å². The highest BCUT2D eigenvalue weighted by Crippen LogP contribution is 2.32. The highest BCUT2D eigenvalue weighted by atomic mass is 16.5. The highest BCUT2D eigenvalue weighted by Gasteiger charge is 2.53. The number of aromatic nitrogens is 4. The average molecular weight is 598 g/mol. The first-order chi connectivity index (χ1) is 21.3. The van der Waals surface area contributed by atoms with Crippen LogP contribution >= 0.6 is 0 Å². The summed E-state index contributed by atoms with van der Waals surface area (Å²) < 4.78 is 18.3. The van der Waals surface area contributed by atoms with Gasteiger partial charge in [-0.25, -0.2) is 4.98 Å². The van der Waals surface area contributed by atoms with E-state index in [1.807, 2.05) is 52.2 Å². The van der Waals surface area contributed by atoms with Gasteiger partial charge in [-0.3, -0.25) is 19.3 Å². The molecule has 0 bridgehead atoms. The van der Waals surface area contributed by atoms with Crippen LogP contribution in [-0.4, -0.2) is 94.5 Å². The topological polar surface area (TPSA) is 124 Å². The van der Waals surface area contributed by atoms with Gasteiger partial charge in [0.2, 0.25) is 5.91 Å². The van der Waals surface area contributed by atoms with E-state index in [9.17, 15) is 9.59 Å². The van der Waals surface area contributed by atoms with E-state index in [0.29, 0.717) is 24.6 Å². The van der Waals surface area contributed by atoms with Gasteiger partial charge in [0.15, 0.2) is 5.60 Å². The first-order valence-corrected chi connectivity index (χ1v) is 14.4. The Kier molecular flexibility index (Phi) is 7.92. The normalized spacial score (nSPS) is 16.3. The molecule has 12 nitrogen and oxygen atoms in total. The van der Waals surface area contributed by atoms with Gasteiger partial charge in [-0.05, 0) is 37.1 Å². The molecule has 2 amide bonds. The van der Waals surface area contributed by atoms with Crippen molar-refractivity contribution < 1.29 is 23.8 Å². The second kappa shape index (κ2) is 12.0. The molecule has 0 atom stereocenters. The quantitative estimate of drug-likeness (QED) is 0.287. The lowest BCUT2D eigenvalue weighted by Gasteiger charge is -2.49. The summed E-state index contributed by atoms with van der Waals surface area (Å²) in [5.74, 6) is 1.11. The van der Waals surface area contributed by atoms with Gasteiger partial charge in [0.25, 0.3) is 5.91 Å². The molecule has 2 aliphatic heterocycles. The Balaban J connectivity index is 1.12. The van der Waals surface area contributed by atoms with E-state index in [0.717, 1.165) is 46.5 Å². The number of carbonyl (C=O) groups is 2. The third kappa shape index (κ3) is 5.55. The Labute approximate surface area is 255 Å². The molecule has 0 aliphatic carbocycles. The molecular formula is C32H35N7O5. The first-order valence-electron chi connectivity index (χ1n) is 14.4. The standard InChI is InChI=1S/C32H35N7O5/c1-5-30(40)38-19-32(20-38,44-4)31(41)37-10-8-24(9-11-37)39-18-21(16-34-39)29-17-33-27-7-6-22(14-28(27)36-29)35-23-12-25(42-2)15-26(13-23)43-3/h5-7,12-18,24,35H,1,8-11,19-20H2,2-4H3. The number of carbonyl (C=O) groups excluding carboxylic acids is 2. The lowest BCUT2D eigenvalue weighted by Crippen LogP contribution is -2.71. The van der Waals surface area contributed by atoms with E-state index in [1.54, 1.807) is 31.5 Å². The van der Waals surface area contributed by atoms with Gasteiger partial charge in [-0.15, -0.1) is 0 Å². The SMILES string of the molecule is C=CC(=O)N1CC(OC)(C(=O)N2CCC(n3cc(-c4cnc5ccc(Nc6cc(OC)cc(OC)c6)cc5n4)cn3)CC2)C1. The van der Waals surface area contributed by atoms with Gasteiger partial charge >= 0.3 is 0 Å². The summed E-state index contributed by atoms with van der Waals surface area (Å²) in [5, 5.41) is 8.03. The monoisotopic (exact) mass is 597 g/mol. The van der Waals surface area contributed by atoms with E-state index in [2.05, 4.69) is 22.0 Å². The summed E-state index contributed by atoms with van der Waals surface area (Å²) in [6.07, 6.45) is 8.33. The number of nitrogens with one attached hydrogen (secondary N) is 1. The second-order valence-corrected chi connectivity index (χ2v) is 11.0. The van der Waals surface area contributed by atoms with E-state index in [-0.39, 0.29) is 30.9 Å². The molecule has 228 valence electrons. The molecule has 12 heteroatoms. The van der Waals surface area contributed by atoms with Crippen molar-refractivity contribution in [2.75, 3.05) is 52.8 Å². The fourth-order valence-corrected chi connectivity index (χ4v) is 5.77. The number of nitrogens with zero attached hydrogens (tertiary/aromatic N) is 6. The summed E-state index contributed by atoms with van der Waals surface area (Å²) in [6, 6.07) is 11.6. The fourth-order valence-electron chi connectivity index (χ4n) is 5.77. The zero-order valence-corrected chi connectivity index (χ0v) is 25.0. The van der Waals surface area contributed by atoms with Crippen molar-refractivity contribution in [3.05, 3.63) is 67.6 Å². The van der Waals surface area contributed by atoms with Crippen molar-refractivity contribution in [3.8, 4) is 22.8 Å². The zero-order valence-electron chi connectivity index (χ0n) is 25.0. The van der Waals surface area contributed by atoms with Crippen molar-refractivity contribution >= 4 is 34.2 Å². The lowest BCUT2D eigenvalue weighted by atomic mass is 9.90. The third-order valence-corrected chi connectivity index (χ3v) is 8.36. The van der Waals surface area contributed by atoms with Crippen LogP contribution < -0.4 is 14.8 Å². The number of rotatable bonds is 9. The Hall–Kier alpha value is -4.97. The maximum Gasteiger partial charge on any atom is 0.258 e. The minimum Gasteiger partial charge on any atom is -0.497 e. The number of anilines is 2. The molecule has 4 aromatic rings. The Morgan fingerprint density at radius 2 is 1.68 bits per heavy atom. The van der Waals surface area contributed by atoms with E-state index >= 15 is 0 Å². The van der Waals surface area contributed by atoms with Crippen LogP contribution in [0.25, 0.3) is 22.3 Å². The van der Waals surface area contributed by atoms with Gasteiger partial charge < -0.3 is 29.3 Å². The van der Waals surface area contributed by atoms with E-state index in [4.69, 9.17) is 19.2 Å². The lowest BCUT2D eigenvalue weighted by molar-refractivity contribution is -0.182. The minimum atomic E-state index is -0.977. The third-order valence-electron chi connectivity index (χ3n) is 8.36.